The number of thiazole rings is 1. The molecule has 0 saturated carbocycles. The normalized spacial score (nSPS) is 14.0. The van der Waals surface area contributed by atoms with Gasteiger partial charge in [0.05, 0.1) is 5.02 Å². The van der Waals surface area contributed by atoms with Gasteiger partial charge in [-0.05, 0) is 6.92 Å². The third-order valence-corrected chi connectivity index (χ3v) is 3.76. The summed E-state index contributed by atoms with van der Waals surface area (Å²) in [5.74, 6) is 1.47. The smallest absolute Gasteiger partial charge is 0.183 e. The first-order chi connectivity index (χ1) is 8.29. The van der Waals surface area contributed by atoms with Crippen LogP contribution in [0.15, 0.2) is 6.07 Å². The van der Waals surface area contributed by atoms with Crippen molar-refractivity contribution in [1.29, 1.82) is 0 Å². The van der Waals surface area contributed by atoms with Crippen LogP contribution in [-0.4, -0.2) is 24.7 Å². The first kappa shape index (κ1) is 10.9. The number of ether oxygens (including phenoxy) is 2. The maximum Gasteiger partial charge on any atom is 0.183 e. The number of hydrogen-bond donors (Lipinski definition) is 1. The average molecular weight is 271 g/mol. The minimum Gasteiger partial charge on any atom is -0.486 e. The number of hydrogen-bond acceptors (Lipinski definition) is 5. The lowest BCUT2D eigenvalue weighted by atomic mass is 10.3. The molecule has 2 aromatic rings. The lowest BCUT2D eigenvalue weighted by Gasteiger charge is -2.18. The second-order valence-electron chi connectivity index (χ2n) is 3.61. The van der Waals surface area contributed by atoms with Crippen molar-refractivity contribution in [3.63, 3.8) is 0 Å². The van der Waals surface area contributed by atoms with Crippen LogP contribution >= 0.6 is 22.9 Å². The van der Waals surface area contributed by atoms with Gasteiger partial charge in [0.1, 0.15) is 23.4 Å². The molecule has 1 aromatic heterocycles. The van der Waals surface area contributed by atoms with E-state index in [1.165, 1.54) is 11.3 Å². The number of aromatic nitrogens is 1. The van der Waals surface area contributed by atoms with Crippen LogP contribution in [0.1, 0.15) is 6.92 Å². The van der Waals surface area contributed by atoms with E-state index in [-0.39, 0.29) is 0 Å². The Morgan fingerprint density at radius 2 is 2.29 bits per heavy atom. The largest absolute Gasteiger partial charge is 0.486 e. The van der Waals surface area contributed by atoms with Crippen molar-refractivity contribution < 1.29 is 9.47 Å². The molecule has 1 N–H and O–H groups in total. The van der Waals surface area contributed by atoms with E-state index in [1.807, 2.05) is 6.92 Å². The molecule has 6 heteroatoms. The van der Waals surface area contributed by atoms with E-state index in [4.69, 9.17) is 21.1 Å². The molecule has 0 unspecified atom stereocenters. The van der Waals surface area contributed by atoms with E-state index in [0.29, 0.717) is 24.0 Å². The summed E-state index contributed by atoms with van der Waals surface area (Å²) in [6.45, 7) is 3.99. The zero-order valence-corrected chi connectivity index (χ0v) is 10.8. The summed E-state index contributed by atoms with van der Waals surface area (Å²) in [6.07, 6.45) is 0. The van der Waals surface area contributed by atoms with E-state index >= 15 is 0 Å². The highest BCUT2D eigenvalue weighted by Crippen LogP contribution is 2.45. The molecular weight excluding hydrogens is 260 g/mol. The lowest BCUT2D eigenvalue weighted by Crippen LogP contribution is -2.15. The number of rotatable bonds is 2. The average Bonchev–Trinajstić information content (AvgIpc) is 2.74. The maximum absolute atomic E-state index is 6.19. The minimum atomic E-state index is 0.563. The van der Waals surface area contributed by atoms with E-state index < -0.39 is 0 Å². The summed E-state index contributed by atoms with van der Waals surface area (Å²) >= 11 is 7.73. The first-order valence-electron chi connectivity index (χ1n) is 5.42. The van der Waals surface area contributed by atoms with Gasteiger partial charge in [0.2, 0.25) is 0 Å². The second kappa shape index (κ2) is 4.23. The Labute approximate surface area is 108 Å². The lowest BCUT2D eigenvalue weighted by molar-refractivity contribution is 0.174. The van der Waals surface area contributed by atoms with Gasteiger partial charge in [0.25, 0.3) is 0 Å². The summed E-state index contributed by atoms with van der Waals surface area (Å²) in [6, 6.07) is 1.77. The fourth-order valence-corrected chi connectivity index (χ4v) is 3.11. The highest BCUT2D eigenvalue weighted by Gasteiger charge is 2.20. The summed E-state index contributed by atoms with van der Waals surface area (Å²) < 4.78 is 12.1. The summed E-state index contributed by atoms with van der Waals surface area (Å²) in [4.78, 5) is 4.45. The molecule has 0 fully saturated rings. The molecule has 0 saturated heterocycles. The van der Waals surface area contributed by atoms with Gasteiger partial charge in [0.15, 0.2) is 16.6 Å². The van der Waals surface area contributed by atoms with Crippen LogP contribution in [-0.2, 0) is 0 Å². The molecule has 1 aromatic carbocycles. The quantitative estimate of drug-likeness (QED) is 0.910. The van der Waals surface area contributed by atoms with E-state index in [9.17, 15) is 0 Å². The van der Waals surface area contributed by atoms with Crippen molar-refractivity contribution in [1.82, 2.24) is 4.98 Å². The molecule has 0 aliphatic carbocycles. The predicted molar refractivity (Wildman–Crippen MR) is 69.8 cm³/mol. The number of halogens is 1. The van der Waals surface area contributed by atoms with Crippen LogP contribution in [0, 0.1) is 0 Å². The van der Waals surface area contributed by atoms with Gasteiger partial charge < -0.3 is 14.8 Å². The van der Waals surface area contributed by atoms with E-state index in [0.717, 1.165) is 27.6 Å². The summed E-state index contributed by atoms with van der Waals surface area (Å²) in [5.41, 5.74) is 0.775. The minimum absolute atomic E-state index is 0.563. The Kier molecular flexibility index (Phi) is 2.72. The van der Waals surface area contributed by atoms with Crippen LogP contribution in [0.5, 0.6) is 11.5 Å². The molecule has 2 heterocycles. The topological polar surface area (TPSA) is 43.4 Å². The Balaban J connectivity index is 2.21. The number of nitrogens with one attached hydrogen (secondary N) is 1. The van der Waals surface area contributed by atoms with Gasteiger partial charge in [-0.15, -0.1) is 0 Å². The van der Waals surface area contributed by atoms with Gasteiger partial charge in [-0.2, -0.15) is 0 Å². The third-order valence-electron chi connectivity index (χ3n) is 2.46. The van der Waals surface area contributed by atoms with Crippen molar-refractivity contribution in [2.75, 3.05) is 25.1 Å². The van der Waals surface area contributed by atoms with Gasteiger partial charge >= 0.3 is 0 Å². The molecular formula is C11H11ClN2O2S. The Hall–Kier alpha value is -1.20. The predicted octanol–water partition coefficient (Wildman–Crippen LogP) is 3.15. The molecule has 1 aliphatic rings. The highest BCUT2D eigenvalue weighted by atomic mass is 35.5. The van der Waals surface area contributed by atoms with Crippen LogP contribution in [0.2, 0.25) is 5.02 Å². The van der Waals surface area contributed by atoms with Crippen LogP contribution < -0.4 is 14.8 Å². The Bertz CT molecular complexity index is 570. The van der Waals surface area contributed by atoms with E-state index in [1.54, 1.807) is 6.07 Å². The molecule has 1 aliphatic heterocycles. The molecule has 3 rings (SSSR count). The van der Waals surface area contributed by atoms with Crippen LogP contribution in [0.3, 0.4) is 0 Å². The van der Waals surface area contributed by atoms with Crippen molar-refractivity contribution in [2.24, 2.45) is 0 Å². The van der Waals surface area contributed by atoms with Crippen LogP contribution in [0.4, 0.5) is 5.13 Å². The number of benzene rings is 1. The molecule has 0 amide bonds. The molecule has 17 heavy (non-hydrogen) atoms. The molecule has 0 spiro atoms. The van der Waals surface area contributed by atoms with E-state index in [2.05, 4.69) is 10.3 Å². The molecule has 4 nitrogen and oxygen atoms in total. The van der Waals surface area contributed by atoms with Crippen molar-refractivity contribution in [3.8, 4) is 11.5 Å². The molecule has 90 valence electrons. The molecule has 0 atom stereocenters. The Morgan fingerprint density at radius 3 is 3.12 bits per heavy atom. The summed E-state index contributed by atoms with van der Waals surface area (Å²) in [5, 5.41) is 4.64. The van der Waals surface area contributed by atoms with Gasteiger partial charge in [-0.1, -0.05) is 22.9 Å². The highest BCUT2D eigenvalue weighted by molar-refractivity contribution is 7.22. The number of fused-ring (bicyclic) bond motifs is 3. The molecule has 0 radical (unpaired) electrons. The fraction of sp³-hybridized carbons (Fsp3) is 0.364. The first-order valence-corrected chi connectivity index (χ1v) is 6.61. The van der Waals surface area contributed by atoms with Gasteiger partial charge in [0, 0.05) is 12.6 Å². The SMILES string of the molecule is CCNc1nc2c(Cl)cc3c(c2s1)OCCO3. The zero-order valence-electron chi connectivity index (χ0n) is 9.25. The van der Waals surface area contributed by atoms with Crippen molar-refractivity contribution in [2.45, 2.75) is 6.92 Å². The van der Waals surface area contributed by atoms with Crippen LogP contribution in [0.25, 0.3) is 10.2 Å². The standard InChI is InChI=1S/C11H11ClN2O2S/c1-2-13-11-14-8-6(12)5-7-9(10(8)17-11)16-4-3-15-7/h5H,2-4H2,1H3,(H,13,14). The van der Waals surface area contributed by atoms with Gasteiger partial charge in [-0.3, -0.25) is 0 Å². The summed E-state index contributed by atoms with van der Waals surface area (Å²) in [7, 11) is 0. The monoisotopic (exact) mass is 270 g/mol. The zero-order chi connectivity index (χ0) is 11.8. The molecule has 0 bridgehead atoms. The number of nitrogens with zero attached hydrogens (tertiary/aromatic N) is 1. The second-order valence-corrected chi connectivity index (χ2v) is 5.02. The fourth-order valence-electron chi connectivity index (χ4n) is 1.76. The van der Waals surface area contributed by atoms with Gasteiger partial charge in [-0.25, -0.2) is 4.98 Å². The van der Waals surface area contributed by atoms with Crippen molar-refractivity contribution >= 4 is 38.3 Å². The Morgan fingerprint density at radius 1 is 1.47 bits per heavy atom. The third kappa shape index (κ3) is 1.79. The van der Waals surface area contributed by atoms with Crippen molar-refractivity contribution in [3.05, 3.63) is 11.1 Å². The maximum atomic E-state index is 6.19. The number of anilines is 1.